The first kappa shape index (κ1) is 25.5. The van der Waals surface area contributed by atoms with Crippen molar-refractivity contribution in [3.63, 3.8) is 0 Å². The van der Waals surface area contributed by atoms with E-state index >= 15 is 0 Å². The van der Waals surface area contributed by atoms with Gasteiger partial charge in [0.2, 0.25) is 0 Å². The molecule has 0 spiro atoms. The summed E-state index contributed by atoms with van der Waals surface area (Å²) in [4.78, 5) is 49.4. The van der Waals surface area contributed by atoms with Crippen LogP contribution in [0.3, 0.4) is 0 Å². The molecule has 32 heavy (non-hydrogen) atoms. The van der Waals surface area contributed by atoms with Crippen molar-refractivity contribution in [2.45, 2.75) is 46.1 Å². The van der Waals surface area contributed by atoms with Crippen LogP contribution in [0.2, 0.25) is 0 Å². The zero-order chi connectivity index (χ0) is 23.3. The number of carbonyl (C=O) groups is 4. The van der Waals surface area contributed by atoms with Gasteiger partial charge < -0.3 is 14.2 Å². The van der Waals surface area contributed by atoms with Gasteiger partial charge in [0.25, 0.3) is 0 Å². The molecule has 2 rings (SSSR count). The summed E-state index contributed by atoms with van der Waals surface area (Å²) in [6, 6.07) is 7.98. The second kappa shape index (κ2) is 13.6. The molecule has 0 amide bonds. The zero-order valence-electron chi connectivity index (χ0n) is 18.8. The number of hydrogen-bond donors (Lipinski definition) is 0. The Kier molecular flexibility index (Phi) is 10.8. The molecule has 0 aliphatic carbocycles. The van der Waals surface area contributed by atoms with Crippen LogP contribution >= 0.6 is 0 Å². The fraction of sp³-hybridized carbons (Fsp3) is 0.565. The molecule has 9 nitrogen and oxygen atoms in total. The first-order valence-electron chi connectivity index (χ1n) is 10.9. The maximum absolute atomic E-state index is 11.8. The molecule has 0 unspecified atom stereocenters. The number of esters is 4. The summed E-state index contributed by atoms with van der Waals surface area (Å²) in [7, 11) is 0. The molecule has 1 aliphatic heterocycles. The molecule has 1 aromatic rings. The molecule has 1 aromatic carbocycles. The summed E-state index contributed by atoms with van der Waals surface area (Å²) < 4.78 is 14.9. The number of rotatable bonds is 11. The second-order valence-electron chi connectivity index (χ2n) is 7.83. The van der Waals surface area contributed by atoms with Gasteiger partial charge in [0.05, 0.1) is 19.7 Å². The molecule has 1 heterocycles. The summed E-state index contributed by atoms with van der Waals surface area (Å²) in [5.41, 5.74) is 1.20. The lowest BCUT2D eigenvalue weighted by Crippen LogP contribution is -2.38. The molecule has 0 atom stereocenters. The molecular formula is C23H32N2O7. The van der Waals surface area contributed by atoms with Crippen LogP contribution in [0.4, 0.5) is 0 Å². The standard InChI is InChI=1S/C23H32N2O7/c1-18(26)31-22(28)16-25(17-23(29)32-19(2)27)12-7-13-30-21-9-6-8-20(14-21)15-24-10-4-3-5-11-24/h6,8-9,14H,3-5,7,10-13,15-17H2,1-2H3. The third kappa shape index (κ3) is 10.5. The molecule has 1 aliphatic rings. The molecule has 9 heteroatoms. The molecule has 0 saturated carbocycles. The SMILES string of the molecule is CC(=O)OC(=O)CN(CCCOc1cccc(CN2CCCCC2)c1)CC(=O)OC(C)=O. The van der Waals surface area contributed by atoms with E-state index in [0.29, 0.717) is 19.6 Å². The largest absolute Gasteiger partial charge is 0.494 e. The average Bonchev–Trinajstić information content (AvgIpc) is 2.71. The van der Waals surface area contributed by atoms with Crippen molar-refractivity contribution >= 4 is 23.9 Å². The van der Waals surface area contributed by atoms with E-state index in [1.54, 1.807) is 0 Å². The van der Waals surface area contributed by atoms with Crippen LogP contribution in [0, 0.1) is 0 Å². The first-order valence-corrected chi connectivity index (χ1v) is 10.9. The van der Waals surface area contributed by atoms with Crippen molar-refractivity contribution in [2.24, 2.45) is 0 Å². The van der Waals surface area contributed by atoms with Crippen molar-refractivity contribution in [1.82, 2.24) is 9.80 Å². The highest BCUT2D eigenvalue weighted by Gasteiger charge is 2.18. The lowest BCUT2D eigenvalue weighted by atomic mass is 10.1. The summed E-state index contributed by atoms with van der Waals surface area (Å²) >= 11 is 0. The van der Waals surface area contributed by atoms with Crippen molar-refractivity contribution in [3.05, 3.63) is 29.8 Å². The van der Waals surface area contributed by atoms with Crippen LogP contribution in [0.15, 0.2) is 24.3 Å². The molecule has 0 radical (unpaired) electrons. The van der Waals surface area contributed by atoms with E-state index in [0.717, 1.165) is 39.2 Å². The van der Waals surface area contributed by atoms with Crippen molar-refractivity contribution < 1.29 is 33.4 Å². The molecule has 176 valence electrons. The highest BCUT2D eigenvalue weighted by molar-refractivity contribution is 5.87. The minimum atomic E-state index is -0.778. The minimum Gasteiger partial charge on any atom is -0.494 e. The lowest BCUT2D eigenvalue weighted by molar-refractivity contribution is -0.160. The van der Waals surface area contributed by atoms with Crippen molar-refractivity contribution in [2.75, 3.05) is 39.3 Å². The van der Waals surface area contributed by atoms with E-state index in [-0.39, 0.29) is 13.1 Å². The molecule has 0 N–H and O–H groups in total. The average molecular weight is 449 g/mol. The highest BCUT2D eigenvalue weighted by atomic mass is 16.6. The fourth-order valence-corrected chi connectivity index (χ4v) is 3.55. The van der Waals surface area contributed by atoms with Crippen LogP contribution < -0.4 is 4.74 Å². The maximum Gasteiger partial charge on any atom is 0.327 e. The number of hydrogen-bond acceptors (Lipinski definition) is 9. The van der Waals surface area contributed by atoms with Gasteiger partial charge in [-0.2, -0.15) is 0 Å². The summed E-state index contributed by atoms with van der Waals surface area (Å²) in [6.07, 6.45) is 4.30. The van der Waals surface area contributed by atoms with Crippen LogP contribution in [-0.4, -0.2) is 73.0 Å². The van der Waals surface area contributed by atoms with Gasteiger partial charge >= 0.3 is 23.9 Å². The Bertz CT molecular complexity index is 760. The normalized spacial score (nSPS) is 14.1. The number of piperidine rings is 1. The number of carbonyl (C=O) groups excluding carboxylic acids is 4. The quantitative estimate of drug-likeness (QED) is 0.285. The van der Waals surface area contributed by atoms with E-state index in [2.05, 4.69) is 20.4 Å². The predicted molar refractivity (Wildman–Crippen MR) is 116 cm³/mol. The van der Waals surface area contributed by atoms with E-state index in [4.69, 9.17) is 4.74 Å². The van der Waals surface area contributed by atoms with Crippen LogP contribution in [0.1, 0.15) is 45.1 Å². The maximum atomic E-state index is 11.8. The summed E-state index contributed by atoms with van der Waals surface area (Å²) in [5.74, 6) is -2.25. The van der Waals surface area contributed by atoms with Gasteiger partial charge in [0.15, 0.2) is 0 Å². The molecule has 1 fully saturated rings. The smallest absolute Gasteiger partial charge is 0.327 e. The van der Waals surface area contributed by atoms with Gasteiger partial charge in [-0.1, -0.05) is 18.6 Å². The van der Waals surface area contributed by atoms with E-state index < -0.39 is 23.9 Å². The molecule has 0 bridgehead atoms. The highest BCUT2D eigenvalue weighted by Crippen LogP contribution is 2.17. The Morgan fingerprint density at radius 3 is 2.16 bits per heavy atom. The van der Waals surface area contributed by atoms with Gasteiger partial charge in [0.1, 0.15) is 5.75 Å². The number of nitrogens with zero attached hydrogens (tertiary/aromatic N) is 2. The van der Waals surface area contributed by atoms with Crippen LogP contribution in [0.5, 0.6) is 5.75 Å². The fourth-order valence-electron chi connectivity index (χ4n) is 3.55. The Morgan fingerprint density at radius 1 is 0.938 bits per heavy atom. The molecular weight excluding hydrogens is 416 g/mol. The van der Waals surface area contributed by atoms with E-state index in [1.807, 2.05) is 18.2 Å². The monoisotopic (exact) mass is 448 g/mol. The topological polar surface area (TPSA) is 102 Å². The van der Waals surface area contributed by atoms with Crippen LogP contribution in [-0.2, 0) is 35.2 Å². The second-order valence-corrected chi connectivity index (χ2v) is 7.83. The van der Waals surface area contributed by atoms with Crippen molar-refractivity contribution in [1.29, 1.82) is 0 Å². The molecule has 0 aromatic heterocycles. The number of benzene rings is 1. The Morgan fingerprint density at radius 2 is 1.56 bits per heavy atom. The Labute approximate surface area is 188 Å². The number of ether oxygens (including phenoxy) is 3. The third-order valence-corrected chi connectivity index (χ3v) is 4.86. The number of likely N-dealkylation sites (tertiary alicyclic amines) is 1. The van der Waals surface area contributed by atoms with Gasteiger partial charge in [-0.15, -0.1) is 0 Å². The van der Waals surface area contributed by atoms with E-state index in [1.165, 1.54) is 29.7 Å². The Balaban J connectivity index is 1.81. The van der Waals surface area contributed by atoms with Crippen LogP contribution in [0.25, 0.3) is 0 Å². The van der Waals surface area contributed by atoms with Crippen molar-refractivity contribution in [3.8, 4) is 5.75 Å². The van der Waals surface area contributed by atoms with Gasteiger partial charge in [-0.05, 0) is 50.0 Å². The summed E-state index contributed by atoms with van der Waals surface area (Å²) in [5, 5.41) is 0. The Hall–Kier alpha value is -2.78. The third-order valence-electron chi connectivity index (χ3n) is 4.86. The van der Waals surface area contributed by atoms with Gasteiger partial charge in [-0.3, -0.25) is 29.0 Å². The first-order chi connectivity index (χ1) is 15.3. The summed E-state index contributed by atoms with van der Waals surface area (Å²) in [6.45, 7) is 5.52. The van der Waals surface area contributed by atoms with Gasteiger partial charge in [-0.25, -0.2) is 0 Å². The zero-order valence-corrected chi connectivity index (χ0v) is 18.8. The molecule has 1 saturated heterocycles. The van der Waals surface area contributed by atoms with E-state index in [9.17, 15) is 19.2 Å². The lowest BCUT2D eigenvalue weighted by Gasteiger charge is -2.26. The van der Waals surface area contributed by atoms with Gasteiger partial charge in [0, 0.05) is 26.9 Å². The predicted octanol–water partition coefficient (Wildman–Crippen LogP) is 1.92. The minimum absolute atomic E-state index is 0.280.